The second-order valence-electron chi connectivity index (χ2n) is 5.42. The zero-order valence-electron chi connectivity index (χ0n) is 11.0. The quantitative estimate of drug-likeness (QED) is 0.737. The molecule has 0 radical (unpaired) electrons. The van der Waals surface area contributed by atoms with Gasteiger partial charge < -0.3 is 5.32 Å². The summed E-state index contributed by atoms with van der Waals surface area (Å²) in [6.45, 7) is 4.12. The van der Waals surface area contributed by atoms with Gasteiger partial charge in [-0.15, -0.1) is 0 Å². The lowest BCUT2D eigenvalue weighted by Gasteiger charge is -2.38. The second kappa shape index (κ2) is 4.61. The smallest absolute Gasteiger partial charge is 0.273 e. The van der Waals surface area contributed by atoms with Crippen LogP contribution in [0.5, 0.6) is 0 Å². The van der Waals surface area contributed by atoms with Gasteiger partial charge in [-0.05, 0) is 25.2 Å². The fraction of sp³-hybridized carbons (Fsp3) is 0.636. The van der Waals surface area contributed by atoms with E-state index in [1.165, 1.54) is 6.92 Å². The van der Waals surface area contributed by atoms with Crippen LogP contribution in [0.25, 0.3) is 0 Å². The number of aryl methyl sites for hydroxylation is 1. The summed E-state index contributed by atoms with van der Waals surface area (Å²) in [4.78, 5) is 11.8. The maximum atomic E-state index is 12.0. The lowest BCUT2D eigenvalue weighted by atomic mass is 9.70. The van der Waals surface area contributed by atoms with E-state index in [0.29, 0.717) is 6.54 Å². The number of H-pyrrole nitrogens is 1. The number of carbonyl (C=O) groups is 1. The van der Waals surface area contributed by atoms with Crippen LogP contribution in [0.3, 0.4) is 0 Å². The Morgan fingerprint density at radius 3 is 2.63 bits per heavy atom. The average Bonchev–Trinajstić information content (AvgIpc) is 2.65. The number of aromatic amines is 1. The molecule has 0 aliphatic heterocycles. The third kappa shape index (κ3) is 2.79. The molecule has 1 fully saturated rings. The molecular formula is C11H18N4O3S. The van der Waals surface area contributed by atoms with Gasteiger partial charge in [0, 0.05) is 6.54 Å². The first-order chi connectivity index (χ1) is 8.73. The van der Waals surface area contributed by atoms with Gasteiger partial charge in [-0.3, -0.25) is 9.89 Å². The summed E-state index contributed by atoms with van der Waals surface area (Å²) in [7, 11) is -3.97. The van der Waals surface area contributed by atoms with Gasteiger partial charge in [0.2, 0.25) is 10.0 Å². The van der Waals surface area contributed by atoms with Crippen molar-refractivity contribution in [2.24, 2.45) is 10.6 Å². The monoisotopic (exact) mass is 286 g/mol. The number of nitrogens with two attached hydrogens (primary N) is 1. The van der Waals surface area contributed by atoms with Crippen molar-refractivity contribution in [3.8, 4) is 0 Å². The van der Waals surface area contributed by atoms with Crippen molar-refractivity contribution in [3.05, 3.63) is 11.4 Å². The standard InChI is InChI=1S/C11H18N4O3S/c1-7-9(19(12,17)18)8(15-14-7)10(16)13-6-11(2)4-3-5-11/h3-6H2,1-2H3,(H,13,16)(H,14,15)(H2,12,17,18). The molecular weight excluding hydrogens is 268 g/mol. The minimum Gasteiger partial charge on any atom is -0.350 e. The Kier molecular flexibility index (Phi) is 3.40. The molecule has 19 heavy (non-hydrogen) atoms. The summed E-state index contributed by atoms with van der Waals surface area (Å²) < 4.78 is 22.9. The lowest BCUT2D eigenvalue weighted by molar-refractivity contribution is 0.0882. The fourth-order valence-corrected chi connectivity index (χ4v) is 3.14. The van der Waals surface area contributed by atoms with E-state index in [2.05, 4.69) is 22.4 Å². The average molecular weight is 286 g/mol. The van der Waals surface area contributed by atoms with Crippen LogP contribution in [0, 0.1) is 12.3 Å². The molecule has 0 aromatic carbocycles. The number of nitrogens with zero attached hydrogens (tertiary/aromatic N) is 1. The minimum atomic E-state index is -3.97. The number of hydrogen-bond acceptors (Lipinski definition) is 4. The Bertz CT molecular complexity index is 601. The molecule has 1 aliphatic rings. The summed E-state index contributed by atoms with van der Waals surface area (Å²) in [6.07, 6.45) is 3.29. The Labute approximate surface area is 112 Å². The first-order valence-corrected chi connectivity index (χ1v) is 7.64. The largest absolute Gasteiger partial charge is 0.350 e. The van der Waals surface area contributed by atoms with Gasteiger partial charge >= 0.3 is 0 Å². The van der Waals surface area contributed by atoms with E-state index in [0.717, 1.165) is 19.3 Å². The summed E-state index contributed by atoms with van der Waals surface area (Å²) >= 11 is 0. The number of hydrogen-bond donors (Lipinski definition) is 3. The number of amides is 1. The van der Waals surface area contributed by atoms with Crippen LogP contribution in [0.4, 0.5) is 0 Å². The Morgan fingerprint density at radius 2 is 2.16 bits per heavy atom. The van der Waals surface area contributed by atoms with Crippen molar-refractivity contribution in [2.45, 2.75) is 38.0 Å². The molecule has 1 saturated carbocycles. The molecule has 0 spiro atoms. The van der Waals surface area contributed by atoms with Crippen molar-refractivity contribution in [2.75, 3.05) is 6.54 Å². The SMILES string of the molecule is Cc1[nH]nc(C(=O)NCC2(C)CCC2)c1S(N)(=O)=O. The predicted molar refractivity (Wildman–Crippen MR) is 69.0 cm³/mol. The highest BCUT2D eigenvalue weighted by atomic mass is 32.2. The lowest BCUT2D eigenvalue weighted by Crippen LogP contribution is -2.40. The van der Waals surface area contributed by atoms with Gasteiger partial charge in [0.15, 0.2) is 5.69 Å². The van der Waals surface area contributed by atoms with Crippen molar-refractivity contribution in [1.82, 2.24) is 15.5 Å². The second-order valence-corrected chi connectivity index (χ2v) is 6.92. The zero-order valence-corrected chi connectivity index (χ0v) is 11.8. The number of rotatable bonds is 4. The number of sulfonamides is 1. The third-order valence-corrected chi connectivity index (χ3v) is 4.70. The predicted octanol–water partition coefficient (Wildman–Crippen LogP) is 0.286. The van der Waals surface area contributed by atoms with Gasteiger partial charge in [-0.25, -0.2) is 13.6 Å². The van der Waals surface area contributed by atoms with Crippen LogP contribution < -0.4 is 10.5 Å². The van der Waals surface area contributed by atoms with Gasteiger partial charge in [0.05, 0.1) is 5.69 Å². The summed E-state index contributed by atoms with van der Waals surface area (Å²) in [5.74, 6) is -0.512. The van der Waals surface area contributed by atoms with E-state index in [9.17, 15) is 13.2 Å². The van der Waals surface area contributed by atoms with E-state index in [1.54, 1.807) is 0 Å². The highest BCUT2D eigenvalue weighted by Crippen LogP contribution is 2.39. The molecule has 0 saturated heterocycles. The molecule has 106 valence electrons. The third-order valence-electron chi connectivity index (χ3n) is 3.63. The molecule has 1 heterocycles. The van der Waals surface area contributed by atoms with Crippen LogP contribution >= 0.6 is 0 Å². The van der Waals surface area contributed by atoms with Crippen molar-refractivity contribution < 1.29 is 13.2 Å². The van der Waals surface area contributed by atoms with Crippen molar-refractivity contribution in [1.29, 1.82) is 0 Å². The number of aromatic nitrogens is 2. The van der Waals surface area contributed by atoms with E-state index >= 15 is 0 Å². The minimum absolute atomic E-state index is 0.114. The molecule has 0 atom stereocenters. The first-order valence-electron chi connectivity index (χ1n) is 6.09. The summed E-state index contributed by atoms with van der Waals surface area (Å²) in [5.41, 5.74) is 0.216. The highest BCUT2D eigenvalue weighted by molar-refractivity contribution is 7.89. The van der Waals surface area contributed by atoms with Gasteiger partial charge in [-0.1, -0.05) is 13.3 Å². The van der Waals surface area contributed by atoms with E-state index in [-0.39, 0.29) is 21.7 Å². The maximum absolute atomic E-state index is 12.0. The zero-order chi connectivity index (χ0) is 14.3. The van der Waals surface area contributed by atoms with E-state index < -0.39 is 15.9 Å². The number of carbonyl (C=O) groups excluding carboxylic acids is 1. The van der Waals surface area contributed by atoms with Crippen LogP contribution in [0.15, 0.2) is 4.90 Å². The molecule has 0 unspecified atom stereocenters. The molecule has 1 aromatic heterocycles. The van der Waals surface area contributed by atoms with Crippen molar-refractivity contribution in [3.63, 3.8) is 0 Å². The number of nitrogens with one attached hydrogen (secondary N) is 2. The summed E-state index contributed by atoms with van der Waals surface area (Å²) in [6, 6.07) is 0. The molecule has 4 N–H and O–H groups in total. The van der Waals surface area contributed by atoms with Crippen molar-refractivity contribution >= 4 is 15.9 Å². The molecule has 1 amide bonds. The van der Waals surface area contributed by atoms with E-state index in [1.807, 2.05) is 0 Å². The molecule has 1 aromatic rings. The molecule has 8 heteroatoms. The maximum Gasteiger partial charge on any atom is 0.273 e. The van der Waals surface area contributed by atoms with Gasteiger partial charge in [-0.2, -0.15) is 5.10 Å². The Hall–Kier alpha value is -1.41. The van der Waals surface area contributed by atoms with E-state index in [4.69, 9.17) is 5.14 Å². The molecule has 7 nitrogen and oxygen atoms in total. The molecule has 1 aliphatic carbocycles. The summed E-state index contributed by atoms with van der Waals surface area (Å²) in [5, 5.41) is 14.0. The van der Waals surface area contributed by atoms with Crippen LogP contribution in [-0.2, 0) is 10.0 Å². The van der Waals surface area contributed by atoms with Gasteiger partial charge in [0.25, 0.3) is 5.91 Å². The highest BCUT2D eigenvalue weighted by Gasteiger charge is 2.33. The Morgan fingerprint density at radius 1 is 1.53 bits per heavy atom. The topological polar surface area (TPSA) is 118 Å². The number of primary sulfonamides is 1. The van der Waals surface area contributed by atoms with Crippen LogP contribution in [-0.4, -0.2) is 31.1 Å². The molecule has 0 bridgehead atoms. The first kappa shape index (κ1) is 14.0. The fourth-order valence-electron chi connectivity index (χ4n) is 2.26. The van der Waals surface area contributed by atoms with Gasteiger partial charge in [0.1, 0.15) is 4.90 Å². The normalized spacial score (nSPS) is 17.8. The van der Waals surface area contributed by atoms with Crippen LogP contribution in [0.2, 0.25) is 0 Å². The molecule has 2 rings (SSSR count). The Balaban J connectivity index is 2.16. The van der Waals surface area contributed by atoms with Crippen LogP contribution in [0.1, 0.15) is 42.4 Å².